The quantitative estimate of drug-likeness (QED) is 0.660. The van der Waals surface area contributed by atoms with E-state index in [9.17, 15) is 13.6 Å². The molecular weight excluding hydrogens is 422 g/mol. The number of amides is 1. The van der Waals surface area contributed by atoms with Gasteiger partial charge in [-0.3, -0.25) is 14.4 Å². The summed E-state index contributed by atoms with van der Waals surface area (Å²) in [5.41, 5.74) is 1.64. The highest BCUT2D eigenvalue weighted by Gasteiger charge is 2.62. The second-order valence-electron chi connectivity index (χ2n) is 10.5. The van der Waals surface area contributed by atoms with Gasteiger partial charge in [-0.25, -0.2) is 8.78 Å². The molecule has 3 fully saturated rings. The van der Waals surface area contributed by atoms with Crippen LogP contribution in [0.3, 0.4) is 0 Å². The van der Waals surface area contributed by atoms with Gasteiger partial charge in [-0.2, -0.15) is 5.10 Å². The predicted octanol–water partition coefficient (Wildman–Crippen LogP) is 4.60. The highest BCUT2D eigenvalue weighted by molar-refractivity contribution is 5.77. The lowest BCUT2D eigenvalue weighted by atomic mass is 9.69. The summed E-state index contributed by atoms with van der Waals surface area (Å²) in [7, 11) is 2.23. The SMILES string of the molecule is Cc1cc(C(F)F)n(CC(=O)N2[C@H]3CCCC[C@H]4N(C)[C@@H](Cc5ccccc5)[C@@H]2C[C@@]34C)n1. The molecule has 7 heteroatoms. The number of alkyl halides is 2. The van der Waals surface area contributed by atoms with Crippen LogP contribution in [0, 0.1) is 12.3 Å². The van der Waals surface area contributed by atoms with E-state index < -0.39 is 6.43 Å². The Kier molecular flexibility index (Phi) is 5.79. The van der Waals surface area contributed by atoms with Gasteiger partial charge in [0.15, 0.2) is 0 Å². The largest absolute Gasteiger partial charge is 0.333 e. The van der Waals surface area contributed by atoms with Crippen LogP contribution >= 0.6 is 0 Å². The molecule has 33 heavy (non-hydrogen) atoms. The van der Waals surface area contributed by atoms with Crippen molar-refractivity contribution in [3.8, 4) is 0 Å². The van der Waals surface area contributed by atoms with Crippen LogP contribution in [0.25, 0.3) is 0 Å². The molecule has 0 unspecified atom stereocenters. The Morgan fingerprint density at radius 2 is 1.88 bits per heavy atom. The summed E-state index contributed by atoms with van der Waals surface area (Å²) in [6.45, 7) is 3.92. The Balaban J connectivity index is 1.50. The maximum absolute atomic E-state index is 13.8. The molecule has 5 atom stereocenters. The van der Waals surface area contributed by atoms with E-state index in [0.29, 0.717) is 11.7 Å². The number of likely N-dealkylation sites (tertiary alicyclic amines) is 2. The summed E-state index contributed by atoms with van der Waals surface area (Å²) in [6.07, 6.45) is 3.63. The molecule has 2 bridgehead atoms. The van der Waals surface area contributed by atoms with Gasteiger partial charge in [-0.15, -0.1) is 0 Å². The van der Waals surface area contributed by atoms with Gasteiger partial charge in [0.25, 0.3) is 6.43 Å². The molecule has 0 spiro atoms. The van der Waals surface area contributed by atoms with Gasteiger partial charge >= 0.3 is 0 Å². The minimum Gasteiger partial charge on any atom is -0.333 e. The Hall–Kier alpha value is -2.28. The molecule has 1 aromatic heterocycles. The van der Waals surface area contributed by atoms with Gasteiger partial charge in [-0.05, 0) is 51.3 Å². The van der Waals surface area contributed by atoms with Crippen molar-refractivity contribution in [3.05, 3.63) is 53.3 Å². The molecule has 5 rings (SSSR count). The van der Waals surface area contributed by atoms with Crippen LogP contribution in [0.2, 0.25) is 0 Å². The van der Waals surface area contributed by atoms with Crippen molar-refractivity contribution >= 4 is 5.91 Å². The summed E-state index contributed by atoms with van der Waals surface area (Å²) in [5.74, 6) is -0.0762. The average molecular weight is 457 g/mol. The monoisotopic (exact) mass is 456 g/mol. The van der Waals surface area contributed by atoms with Crippen molar-refractivity contribution in [2.45, 2.75) is 89.5 Å². The predicted molar refractivity (Wildman–Crippen MR) is 123 cm³/mol. The van der Waals surface area contributed by atoms with Gasteiger partial charge in [0.2, 0.25) is 5.91 Å². The molecule has 5 nitrogen and oxygen atoms in total. The Morgan fingerprint density at radius 3 is 2.58 bits per heavy atom. The van der Waals surface area contributed by atoms with E-state index in [-0.39, 0.29) is 41.7 Å². The lowest BCUT2D eigenvalue weighted by Gasteiger charge is -2.49. The third-order valence-electron chi connectivity index (χ3n) is 8.55. The number of benzene rings is 1. The highest BCUT2D eigenvalue weighted by Crippen LogP contribution is 2.55. The number of aryl methyl sites for hydroxylation is 1. The minimum absolute atomic E-state index is 0.0321. The molecule has 2 aromatic rings. The number of carbonyl (C=O) groups excluding carboxylic acids is 1. The summed E-state index contributed by atoms with van der Waals surface area (Å²) in [5, 5.41) is 4.22. The summed E-state index contributed by atoms with van der Waals surface area (Å²) < 4.78 is 28.3. The fourth-order valence-corrected chi connectivity index (χ4v) is 7.13. The molecule has 3 heterocycles. The zero-order chi connectivity index (χ0) is 23.3. The van der Waals surface area contributed by atoms with Crippen molar-refractivity contribution in [1.29, 1.82) is 0 Å². The number of aromatic nitrogens is 2. The first-order valence-electron chi connectivity index (χ1n) is 12.2. The molecular formula is C26H34F2N4O. The molecule has 3 aliphatic rings. The van der Waals surface area contributed by atoms with E-state index in [0.717, 1.165) is 32.1 Å². The fraction of sp³-hybridized carbons (Fsp3) is 0.615. The lowest BCUT2D eigenvalue weighted by Crippen LogP contribution is -2.58. The van der Waals surface area contributed by atoms with Crippen LogP contribution in [-0.2, 0) is 17.8 Å². The topological polar surface area (TPSA) is 41.4 Å². The number of fused-ring (bicyclic) bond motifs is 1. The molecule has 0 N–H and O–H groups in total. The third kappa shape index (κ3) is 3.78. The molecule has 2 saturated heterocycles. The third-order valence-corrected chi connectivity index (χ3v) is 8.55. The van der Waals surface area contributed by atoms with Crippen molar-refractivity contribution in [2.75, 3.05) is 7.05 Å². The first-order chi connectivity index (χ1) is 15.8. The zero-order valence-corrected chi connectivity index (χ0v) is 19.8. The van der Waals surface area contributed by atoms with Crippen molar-refractivity contribution in [2.24, 2.45) is 5.41 Å². The maximum Gasteiger partial charge on any atom is 0.280 e. The molecule has 0 radical (unpaired) electrons. The number of halogens is 2. The van der Waals surface area contributed by atoms with Crippen molar-refractivity contribution in [1.82, 2.24) is 19.6 Å². The van der Waals surface area contributed by atoms with Gasteiger partial charge in [0.1, 0.15) is 12.2 Å². The Morgan fingerprint density at radius 1 is 1.18 bits per heavy atom. The molecule has 1 aliphatic carbocycles. The smallest absolute Gasteiger partial charge is 0.280 e. The summed E-state index contributed by atoms with van der Waals surface area (Å²) >= 11 is 0. The zero-order valence-electron chi connectivity index (χ0n) is 19.8. The second kappa shape index (κ2) is 8.49. The van der Waals surface area contributed by atoms with Gasteiger partial charge in [0.05, 0.1) is 5.69 Å². The first kappa shape index (κ1) is 22.5. The second-order valence-corrected chi connectivity index (χ2v) is 10.5. The molecule has 2 aliphatic heterocycles. The minimum atomic E-state index is -2.64. The van der Waals surface area contributed by atoms with E-state index in [1.165, 1.54) is 22.7 Å². The van der Waals surface area contributed by atoms with Crippen LogP contribution in [-0.4, -0.2) is 56.7 Å². The lowest BCUT2D eigenvalue weighted by molar-refractivity contribution is -0.136. The van der Waals surface area contributed by atoms with Gasteiger partial charge in [-0.1, -0.05) is 50.1 Å². The number of piperidine rings is 1. The molecule has 1 amide bonds. The van der Waals surface area contributed by atoms with Crippen LogP contribution in [0.5, 0.6) is 0 Å². The number of hydrogen-bond acceptors (Lipinski definition) is 3. The fourth-order valence-electron chi connectivity index (χ4n) is 7.13. The van der Waals surface area contributed by atoms with Crippen LogP contribution < -0.4 is 0 Å². The molecule has 178 valence electrons. The number of rotatable bonds is 5. The number of hydrogen-bond donors (Lipinski definition) is 0. The Bertz CT molecular complexity index is 1010. The molecule has 1 saturated carbocycles. The molecule has 1 aromatic carbocycles. The number of carbonyl (C=O) groups is 1. The van der Waals surface area contributed by atoms with Crippen LogP contribution in [0.4, 0.5) is 8.78 Å². The van der Waals surface area contributed by atoms with E-state index in [2.05, 4.69) is 53.1 Å². The average Bonchev–Trinajstić information content (AvgIpc) is 3.21. The van der Waals surface area contributed by atoms with Crippen LogP contribution in [0.15, 0.2) is 36.4 Å². The van der Waals surface area contributed by atoms with Gasteiger partial charge in [0, 0.05) is 29.6 Å². The maximum atomic E-state index is 13.8. The van der Waals surface area contributed by atoms with Crippen LogP contribution in [0.1, 0.15) is 62.4 Å². The summed E-state index contributed by atoms with van der Waals surface area (Å²) in [6, 6.07) is 12.7. The van der Waals surface area contributed by atoms with Crippen molar-refractivity contribution in [3.63, 3.8) is 0 Å². The highest BCUT2D eigenvalue weighted by atomic mass is 19.3. The van der Waals surface area contributed by atoms with E-state index >= 15 is 0 Å². The van der Waals surface area contributed by atoms with E-state index in [4.69, 9.17) is 0 Å². The summed E-state index contributed by atoms with van der Waals surface area (Å²) in [4.78, 5) is 18.4. The number of likely N-dealkylation sites (N-methyl/N-ethyl adjacent to an activating group) is 1. The van der Waals surface area contributed by atoms with E-state index in [1.54, 1.807) is 6.92 Å². The first-order valence-corrected chi connectivity index (χ1v) is 12.2. The standard InChI is InChI=1S/C26H34F2N4O/c1-17-13-20(25(27)28)31(29-17)16-24(33)32-21-15-26(2)22(11-7-8-12-23(26)32)30(3)19(21)14-18-9-5-4-6-10-18/h4-6,9-10,13,19,21-23,25H,7-8,11-12,14-16H2,1-3H3/t19-,21-,22+,23-,26+/m0/s1. The van der Waals surface area contributed by atoms with Crippen molar-refractivity contribution < 1.29 is 13.6 Å². The number of nitrogens with zero attached hydrogens (tertiary/aromatic N) is 4. The normalized spacial score (nSPS) is 31.8. The van der Waals surface area contributed by atoms with Gasteiger partial charge < -0.3 is 4.90 Å². The Labute approximate surface area is 194 Å². The van der Waals surface area contributed by atoms with E-state index in [1.807, 2.05) is 6.07 Å².